The van der Waals surface area contributed by atoms with Crippen molar-refractivity contribution in [1.82, 2.24) is 4.83 Å². The second-order valence-electron chi connectivity index (χ2n) is 5.39. The molecule has 0 radical (unpaired) electrons. The highest BCUT2D eigenvalue weighted by Crippen LogP contribution is 2.14. The first-order valence-corrected chi connectivity index (χ1v) is 9.31. The van der Waals surface area contributed by atoms with Gasteiger partial charge in [0.25, 0.3) is 15.7 Å². The largest absolute Gasteiger partial charge is 0.461 e. The van der Waals surface area contributed by atoms with Crippen molar-refractivity contribution in [2.45, 2.75) is 18.7 Å². The first-order valence-electron chi connectivity index (χ1n) is 7.82. The number of carbonyl (C=O) groups is 1. The van der Waals surface area contributed by atoms with Gasteiger partial charge in [0, 0.05) is 17.7 Å². The number of nitro groups is 1. The summed E-state index contributed by atoms with van der Waals surface area (Å²) in [5.41, 5.74) is 0.561. The smallest absolute Gasteiger partial charge is 0.359 e. The molecule has 0 unspecified atom stereocenters. The zero-order valence-electron chi connectivity index (χ0n) is 14.6. The first kappa shape index (κ1) is 20.0. The molecule has 2 aromatic carbocycles. The minimum absolute atomic E-state index is 0.0243. The van der Waals surface area contributed by atoms with Gasteiger partial charge in [-0.25, -0.2) is 4.79 Å². The number of carbonyl (C=O) groups excluding carboxylic acids is 1. The van der Waals surface area contributed by atoms with Gasteiger partial charge in [0.15, 0.2) is 5.71 Å². The van der Waals surface area contributed by atoms with Gasteiger partial charge in [-0.2, -0.15) is 18.4 Å². The fourth-order valence-corrected chi connectivity index (χ4v) is 2.86. The van der Waals surface area contributed by atoms with Gasteiger partial charge in [-0.3, -0.25) is 10.1 Å². The Labute approximate surface area is 155 Å². The van der Waals surface area contributed by atoms with Crippen LogP contribution in [0.15, 0.2) is 58.5 Å². The van der Waals surface area contributed by atoms with Gasteiger partial charge in [0.05, 0.1) is 16.4 Å². The van der Waals surface area contributed by atoms with Crippen LogP contribution in [-0.2, 0) is 19.6 Å². The van der Waals surface area contributed by atoms with E-state index in [4.69, 9.17) is 4.74 Å². The van der Waals surface area contributed by atoms with Gasteiger partial charge < -0.3 is 4.74 Å². The quantitative estimate of drug-likeness (QED) is 0.333. The molecule has 0 amide bonds. The molecule has 2 aromatic rings. The highest BCUT2D eigenvalue weighted by atomic mass is 32.2. The SMILES string of the molecule is CCOC(=O)/C(=N\NS(=O)(=O)c1ccc(C)cc1)c1ccc([N+](=O)[O-])cc1. The van der Waals surface area contributed by atoms with Gasteiger partial charge in [0.1, 0.15) is 0 Å². The third kappa shape index (κ3) is 5.11. The summed E-state index contributed by atoms with van der Waals surface area (Å²) in [5, 5.41) is 14.4. The first-order chi connectivity index (χ1) is 12.7. The van der Waals surface area contributed by atoms with Crippen LogP contribution in [0, 0.1) is 17.0 Å². The fraction of sp³-hybridized carbons (Fsp3) is 0.176. The molecule has 142 valence electrons. The molecule has 0 spiro atoms. The molecule has 0 heterocycles. The third-order valence-electron chi connectivity index (χ3n) is 3.43. The summed E-state index contributed by atoms with van der Waals surface area (Å²) in [5.74, 6) is -0.863. The number of hydrogen-bond donors (Lipinski definition) is 1. The Morgan fingerprint density at radius 1 is 1.15 bits per heavy atom. The van der Waals surface area contributed by atoms with Crippen molar-refractivity contribution in [1.29, 1.82) is 0 Å². The number of sulfonamides is 1. The monoisotopic (exact) mass is 391 g/mol. The van der Waals surface area contributed by atoms with Crippen molar-refractivity contribution in [3.05, 3.63) is 69.8 Å². The second kappa shape index (κ2) is 8.41. The van der Waals surface area contributed by atoms with E-state index in [0.29, 0.717) is 0 Å². The van der Waals surface area contributed by atoms with Gasteiger partial charge in [-0.1, -0.05) is 17.7 Å². The molecular weight excluding hydrogens is 374 g/mol. The van der Waals surface area contributed by atoms with Crippen LogP contribution in [0.2, 0.25) is 0 Å². The van der Waals surface area contributed by atoms with E-state index < -0.39 is 20.9 Å². The molecule has 2 rings (SSSR count). The highest BCUT2D eigenvalue weighted by molar-refractivity contribution is 7.89. The van der Waals surface area contributed by atoms with Crippen LogP contribution in [0.4, 0.5) is 5.69 Å². The van der Waals surface area contributed by atoms with Crippen LogP contribution < -0.4 is 4.83 Å². The molecule has 0 aromatic heterocycles. The topological polar surface area (TPSA) is 128 Å². The third-order valence-corrected chi connectivity index (χ3v) is 4.65. The molecule has 1 N–H and O–H groups in total. The highest BCUT2D eigenvalue weighted by Gasteiger charge is 2.19. The molecule has 0 saturated heterocycles. The van der Waals surface area contributed by atoms with Gasteiger partial charge in [-0.05, 0) is 38.1 Å². The van der Waals surface area contributed by atoms with Crippen molar-refractivity contribution in [3.63, 3.8) is 0 Å². The van der Waals surface area contributed by atoms with Crippen LogP contribution in [0.5, 0.6) is 0 Å². The van der Waals surface area contributed by atoms with Crippen LogP contribution >= 0.6 is 0 Å². The van der Waals surface area contributed by atoms with Gasteiger partial charge >= 0.3 is 5.97 Å². The van der Waals surface area contributed by atoms with Crippen molar-refractivity contribution in [2.75, 3.05) is 6.61 Å². The van der Waals surface area contributed by atoms with Crippen LogP contribution in [-0.4, -0.2) is 31.6 Å². The van der Waals surface area contributed by atoms with E-state index in [0.717, 1.165) is 5.56 Å². The molecule has 9 nitrogen and oxygen atoms in total. The number of hydrazone groups is 1. The van der Waals surface area contributed by atoms with Crippen molar-refractivity contribution in [2.24, 2.45) is 5.10 Å². The molecule has 27 heavy (non-hydrogen) atoms. The normalized spacial score (nSPS) is 11.7. The number of nitro benzene ring substituents is 1. The van der Waals surface area contributed by atoms with Crippen molar-refractivity contribution < 1.29 is 22.9 Å². The van der Waals surface area contributed by atoms with E-state index in [1.807, 2.05) is 11.8 Å². The number of rotatable bonds is 7. The summed E-state index contributed by atoms with van der Waals surface area (Å²) >= 11 is 0. The Bertz CT molecular complexity index is 967. The number of nitrogens with zero attached hydrogens (tertiary/aromatic N) is 2. The fourth-order valence-electron chi connectivity index (χ4n) is 2.04. The zero-order valence-corrected chi connectivity index (χ0v) is 15.4. The molecule has 0 aliphatic carbocycles. The van der Waals surface area contributed by atoms with Crippen LogP contribution in [0.3, 0.4) is 0 Å². The minimum Gasteiger partial charge on any atom is -0.461 e. The number of non-ortho nitro benzene ring substituents is 1. The van der Waals surface area contributed by atoms with Crippen molar-refractivity contribution in [3.8, 4) is 0 Å². The summed E-state index contributed by atoms with van der Waals surface area (Å²) < 4.78 is 29.6. The van der Waals surface area contributed by atoms with Crippen LogP contribution in [0.1, 0.15) is 18.1 Å². The molecule has 0 fully saturated rings. The summed E-state index contributed by atoms with van der Waals surface area (Å²) in [6.45, 7) is 3.45. The molecule has 10 heteroatoms. The summed E-state index contributed by atoms with van der Waals surface area (Å²) in [4.78, 5) is 24.3. The molecule has 0 saturated carbocycles. The lowest BCUT2D eigenvalue weighted by atomic mass is 10.1. The zero-order chi connectivity index (χ0) is 20.0. The number of benzene rings is 2. The van der Waals surface area contributed by atoms with E-state index >= 15 is 0 Å². The Hall–Kier alpha value is -3.27. The standard InChI is InChI=1S/C17H17N3O6S/c1-3-26-17(21)16(13-6-8-14(9-7-13)20(22)23)18-19-27(24,25)15-10-4-12(2)5-11-15/h4-11,19H,3H2,1-2H3/b18-16-. The van der Waals surface area contributed by atoms with E-state index in [2.05, 4.69) is 5.10 Å². The Kier molecular flexibility index (Phi) is 6.24. The van der Waals surface area contributed by atoms with E-state index in [-0.39, 0.29) is 28.5 Å². The number of nitrogens with one attached hydrogen (secondary N) is 1. The predicted octanol–water partition coefficient (Wildman–Crippen LogP) is 2.15. The molecule has 0 aliphatic heterocycles. The van der Waals surface area contributed by atoms with Crippen molar-refractivity contribution >= 4 is 27.4 Å². The number of hydrogen-bond acceptors (Lipinski definition) is 7. The van der Waals surface area contributed by atoms with E-state index in [1.54, 1.807) is 19.1 Å². The number of aryl methyl sites for hydroxylation is 1. The Morgan fingerprint density at radius 2 is 1.74 bits per heavy atom. The molecule has 0 atom stereocenters. The molecule has 0 bridgehead atoms. The number of ether oxygens (including phenoxy) is 1. The maximum absolute atomic E-state index is 12.3. The average Bonchev–Trinajstić information content (AvgIpc) is 2.63. The van der Waals surface area contributed by atoms with E-state index in [1.165, 1.54) is 36.4 Å². The molecule has 0 aliphatic rings. The predicted molar refractivity (Wildman–Crippen MR) is 97.8 cm³/mol. The summed E-state index contributed by atoms with van der Waals surface area (Å²) in [6.07, 6.45) is 0. The average molecular weight is 391 g/mol. The summed E-state index contributed by atoms with van der Waals surface area (Å²) in [7, 11) is -4.00. The summed E-state index contributed by atoms with van der Waals surface area (Å²) in [6, 6.07) is 11.0. The van der Waals surface area contributed by atoms with Gasteiger partial charge in [0.2, 0.25) is 0 Å². The van der Waals surface area contributed by atoms with Gasteiger partial charge in [-0.15, -0.1) is 0 Å². The Balaban J connectivity index is 2.37. The van der Waals surface area contributed by atoms with Crippen LogP contribution in [0.25, 0.3) is 0 Å². The maximum Gasteiger partial charge on any atom is 0.359 e. The molecular formula is C17H17N3O6S. The number of esters is 1. The Morgan fingerprint density at radius 3 is 2.26 bits per heavy atom. The minimum atomic E-state index is -4.00. The lowest BCUT2D eigenvalue weighted by molar-refractivity contribution is -0.384. The lowest BCUT2D eigenvalue weighted by Crippen LogP contribution is -2.26. The van der Waals surface area contributed by atoms with E-state index in [9.17, 15) is 23.3 Å². The lowest BCUT2D eigenvalue weighted by Gasteiger charge is -2.08. The second-order valence-corrected chi connectivity index (χ2v) is 7.05. The maximum atomic E-state index is 12.3.